The molecule has 2 aromatic heterocycles. The van der Waals surface area contributed by atoms with Crippen molar-refractivity contribution in [3.05, 3.63) is 65.5 Å². The van der Waals surface area contributed by atoms with Crippen LogP contribution in [0.25, 0.3) is 11.3 Å². The Hall–Kier alpha value is -3.38. The topological polar surface area (TPSA) is 71.8 Å². The second kappa shape index (κ2) is 7.95. The van der Waals surface area contributed by atoms with Crippen LogP contribution in [0.5, 0.6) is 0 Å². The van der Waals surface area contributed by atoms with E-state index in [1.165, 1.54) is 6.07 Å². The standard InChI is InChI=1S/C23H21F3N6/c24-23(25,26)18-5-8-21(28-11-18)31-13-19-6-7-20(14-31)32(19)12-17-10-29-30-22(17)16-3-1-15(9-27)2-4-16/h1-5,8,10-11,19-20H,6-7,12-14H2,(H,29,30). The van der Waals surface area contributed by atoms with Crippen molar-refractivity contribution in [2.24, 2.45) is 0 Å². The highest BCUT2D eigenvalue weighted by molar-refractivity contribution is 5.63. The normalized spacial score (nSPS) is 21.0. The van der Waals surface area contributed by atoms with Crippen LogP contribution >= 0.6 is 0 Å². The number of aromatic nitrogens is 3. The van der Waals surface area contributed by atoms with Gasteiger partial charge in [-0.1, -0.05) is 12.1 Å². The first kappa shape index (κ1) is 20.5. The Morgan fingerprint density at radius 2 is 1.78 bits per heavy atom. The van der Waals surface area contributed by atoms with Gasteiger partial charge >= 0.3 is 6.18 Å². The molecule has 5 rings (SSSR count). The van der Waals surface area contributed by atoms with Crippen molar-refractivity contribution in [3.63, 3.8) is 0 Å². The Kier molecular flexibility index (Phi) is 5.10. The first-order chi connectivity index (χ1) is 15.4. The van der Waals surface area contributed by atoms with Crippen LogP contribution in [0.2, 0.25) is 0 Å². The van der Waals surface area contributed by atoms with Crippen molar-refractivity contribution in [2.45, 2.75) is 37.6 Å². The van der Waals surface area contributed by atoms with E-state index >= 15 is 0 Å². The summed E-state index contributed by atoms with van der Waals surface area (Å²) in [7, 11) is 0. The molecule has 32 heavy (non-hydrogen) atoms. The maximum atomic E-state index is 12.8. The third kappa shape index (κ3) is 3.82. The fourth-order valence-corrected chi connectivity index (χ4v) is 4.76. The van der Waals surface area contributed by atoms with Crippen LogP contribution in [0.4, 0.5) is 19.0 Å². The van der Waals surface area contributed by atoms with Gasteiger partial charge in [-0.2, -0.15) is 23.5 Å². The van der Waals surface area contributed by atoms with E-state index in [9.17, 15) is 13.2 Å². The van der Waals surface area contributed by atoms with Crippen molar-refractivity contribution in [1.29, 1.82) is 5.26 Å². The molecule has 2 saturated heterocycles. The average molecular weight is 438 g/mol. The molecule has 2 aliphatic heterocycles. The molecule has 0 saturated carbocycles. The van der Waals surface area contributed by atoms with Crippen LogP contribution in [0.3, 0.4) is 0 Å². The average Bonchev–Trinajstić information content (AvgIpc) is 3.34. The SMILES string of the molecule is N#Cc1ccc(-c2n[nH]cc2CN2C3CCC2CN(c2ccc(C(F)(F)F)cn2)C3)cc1. The van der Waals surface area contributed by atoms with Crippen molar-refractivity contribution >= 4 is 5.82 Å². The number of halogens is 3. The van der Waals surface area contributed by atoms with E-state index in [2.05, 4.69) is 31.1 Å². The van der Waals surface area contributed by atoms with Gasteiger partial charge in [0.05, 0.1) is 22.9 Å². The van der Waals surface area contributed by atoms with E-state index in [1.54, 1.807) is 12.1 Å². The Morgan fingerprint density at radius 1 is 1.06 bits per heavy atom. The van der Waals surface area contributed by atoms with Gasteiger partial charge in [-0.3, -0.25) is 10.00 Å². The second-order valence-corrected chi connectivity index (χ2v) is 8.31. The fourth-order valence-electron chi connectivity index (χ4n) is 4.76. The third-order valence-electron chi connectivity index (χ3n) is 6.39. The molecule has 2 aliphatic rings. The minimum atomic E-state index is -4.37. The lowest BCUT2D eigenvalue weighted by atomic mass is 10.0. The lowest BCUT2D eigenvalue weighted by Gasteiger charge is -2.41. The smallest absolute Gasteiger partial charge is 0.353 e. The number of fused-ring (bicyclic) bond motifs is 2. The first-order valence-corrected chi connectivity index (χ1v) is 10.5. The summed E-state index contributed by atoms with van der Waals surface area (Å²) in [6.07, 6.45) is 0.550. The van der Waals surface area contributed by atoms with Crippen LogP contribution in [-0.4, -0.2) is 45.3 Å². The van der Waals surface area contributed by atoms with Crippen LogP contribution in [0.15, 0.2) is 48.8 Å². The highest BCUT2D eigenvalue weighted by Gasteiger charge is 2.40. The molecule has 2 atom stereocenters. The largest absolute Gasteiger partial charge is 0.417 e. The zero-order valence-corrected chi connectivity index (χ0v) is 17.2. The summed E-state index contributed by atoms with van der Waals surface area (Å²) in [4.78, 5) is 8.65. The van der Waals surface area contributed by atoms with Crippen molar-refractivity contribution in [1.82, 2.24) is 20.1 Å². The van der Waals surface area contributed by atoms with Crippen molar-refractivity contribution in [2.75, 3.05) is 18.0 Å². The molecule has 9 heteroatoms. The quantitative estimate of drug-likeness (QED) is 0.661. The number of piperazine rings is 1. The zero-order chi connectivity index (χ0) is 22.3. The number of pyridine rings is 1. The monoisotopic (exact) mass is 438 g/mol. The summed E-state index contributed by atoms with van der Waals surface area (Å²) in [5, 5.41) is 16.4. The number of nitriles is 1. The van der Waals surface area contributed by atoms with E-state index < -0.39 is 11.7 Å². The van der Waals surface area contributed by atoms with E-state index in [-0.39, 0.29) is 0 Å². The summed E-state index contributed by atoms with van der Waals surface area (Å²) in [5.41, 5.74) is 2.81. The second-order valence-electron chi connectivity index (χ2n) is 8.31. The van der Waals surface area contributed by atoms with Gasteiger partial charge in [0.15, 0.2) is 0 Å². The van der Waals surface area contributed by atoms with Crippen molar-refractivity contribution in [3.8, 4) is 17.3 Å². The van der Waals surface area contributed by atoms with Crippen molar-refractivity contribution < 1.29 is 13.2 Å². The molecule has 0 radical (unpaired) electrons. The summed E-state index contributed by atoms with van der Waals surface area (Å²) >= 11 is 0. The lowest BCUT2D eigenvalue weighted by Crippen LogP contribution is -2.53. The molecule has 3 aromatic rings. The van der Waals surface area contributed by atoms with Gasteiger partial charge in [-0.05, 0) is 37.1 Å². The lowest BCUT2D eigenvalue weighted by molar-refractivity contribution is -0.137. The predicted molar refractivity (Wildman–Crippen MR) is 113 cm³/mol. The molecule has 2 unspecified atom stereocenters. The molecule has 0 aliphatic carbocycles. The Balaban J connectivity index is 1.30. The van der Waals surface area contributed by atoms with E-state index in [4.69, 9.17) is 5.26 Å². The number of nitrogens with one attached hydrogen (secondary N) is 1. The predicted octanol–water partition coefficient (Wildman–Crippen LogP) is 4.22. The van der Waals surface area contributed by atoms with Crippen LogP contribution < -0.4 is 4.90 Å². The maximum Gasteiger partial charge on any atom is 0.417 e. The molecule has 1 N–H and O–H groups in total. The van der Waals surface area contributed by atoms with E-state index in [1.807, 2.05) is 18.3 Å². The minimum Gasteiger partial charge on any atom is -0.353 e. The Bertz CT molecular complexity index is 1120. The number of nitrogens with zero attached hydrogens (tertiary/aromatic N) is 5. The van der Waals surface area contributed by atoms with Gasteiger partial charge < -0.3 is 4.90 Å². The molecular formula is C23H21F3N6. The molecule has 164 valence electrons. The highest BCUT2D eigenvalue weighted by atomic mass is 19.4. The summed E-state index contributed by atoms with van der Waals surface area (Å²) < 4.78 is 38.5. The molecular weight excluding hydrogens is 417 g/mol. The van der Waals surface area contributed by atoms with Gasteiger partial charge in [0, 0.05) is 55.2 Å². The van der Waals surface area contributed by atoms with Gasteiger partial charge in [-0.25, -0.2) is 4.98 Å². The molecule has 1 aromatic carbocycles. The molecule has 0 amide bonds. The molecule has 0 spiro atoms. The summed E-state index contributed by atoms with van der Waals surface area (Å²) in [6, 6.07) is 12.7. The molecule has 6 nitrogen and oxygen atoms in total. The van der Waals surface area contributed by atoms with Crippen LogP contribution in [-0.2, 0) is 12.7 Å². The number of aromatic amines is 1. The van der Waals surface area contributed by atoms with Crippen LogP contribution in [0.1, 0.15) is 29.5 Å². The summed E-state index contributed by atoms with van der Waals surface area (Å²) in [5.74, 6) is 0.594. The summed E-state index contributed by atoms with van der Waals surface area (Å²) in [6.45, 7) is 2.22. The minimum absolute atomic E-state index is 0.307. The number of anilines is 1. The zero-order valence-electron chi connectivity index (χ0n) is 17.2. The number of benzene rings is 1. The maximum absolute atomic E-state index is 12.8. The molecule has 2 bridgehead atoms. The third-order valence-corrected chi connectivity index (χ3v) is 6.39. The number of rotatable bonds is 4. The molecule has 4 heterocycles. The molecule has 2 fully saturated rings. The van der Waals surface area contributed by atoms with Gasteiger partial charge in [0.25, 0.3) is 0 Å². The van der Waals surface area contributed by atoms with Crippen LogP contribution in [0, 0.1) is 11.3 Å². The van der Waals surface area contributed by atoms with Gasteiger partial charge in [0.1, 0.15) is 5.82 Å². The number of hydrogen-bond acceptors (Lipinski definition) is 5. The fraction of sp³-hybridized carbons (Fsp3) is 0.348. The van der Waals surface area contributed by atoms with Gasteiger partial charge in [0.2, 0.25) is 0 Å². The van der Waals surface area contributed by atoms with E-state index in [0.29, 0.717) is 23.5 Å². The highest BCUT2D eigenvalue weighted by Crippen LogP contribution is 2.35. The number of hydrogen-bond donors (Lipinski definition) is 1. The Labute approximate surface area is 183 Å². The van der Waals surface area contributed by atoms with Gasteiger partial charge in [-0.15, -0.1) is 0 Å². The number of H-pyrrole nitrogens is 1. The van der Waals surface area contributed by atoms with E-state index in [0.717, 1.165) is 61.6 Å². The Morgan fingerprint density at radius 3 is 2.38 bits per heavy atom. The first-order valence-electron chi connectivity index (χ1n) is 10.5. The number of alkyl halides is 3.